The molecule has 3 unspecified atom stereocenters. The van der Waals surface area contributed by atoms with Gasteiger partial charge in [0.25, 0.3) is 0 Å². The minimum atomic E-state index is -3.82. The number of hydrogen-bond donors (Lipinski definition) is 1. The van der Waals surface area contributed by atoms with E-state index in [1.54, 1.807) is 6.92 Å². The summed E-state index contributed by atoms with van der Waals surface area (Å²) in [6, 6.07) is -0.469. The monoisotopic (exact) mass is 434 g/mol. The number of sulfone groups is 1. The lowest BCUT2D eigenvalue weighted by Gasteiger charge is -2.37. The van der Waals surface area contributed by atoms with Crippen molar-refractivity contribution in [1.29, 1.82) is 0 Å². The number of ketones is 1. The van der Waals surface area contributed by atoms with Crippen LogP contribution in [0.5, 0.6) is 0 Å². The number of fused-ring (bicyclic) bond motifs is 2. The van der Waals surface area contributed by atoms with Gasteiger partial charge in [0.1, 0.15) is 5.78 Å². The molecule has 3 fully saturated rings. The SMILES string of the molecule is CCN(CC(=O)NC1CCS(=O)(=O)C1)S(=O)(=O)CC12CCC(CC1=O)C2(C)C. The molecule has 3 atom stereocenters. The quantitative estimate of drug-likeness (QED) is 0.617. The molecule has 0 aromatic carbocycles. The highest BCUT2D eigenvalue weighted by Crippen LogP contribution is 2.64. The number of carbonyl (C=O) groups is 2. The maximum atomic E-state index is 13.1. The van der Waals surface area contributed by atoms with Gasteiger partial charge in [-0.05, 0) is 30.6 Å². The lowest BCUT2D eigenvalue weighted by atomic mass is 9.70. The molecule has 1 aliphatic heterocycles. The highest BCUT2D eigenvalue weighted by molar-refractivity contribution is 7.91. The maximum absolute atomic E-state index is 13.1. The van der Waals surface area contributed by atoms with E-state index < -0.39 is 37.2 Å². The Morgan fingerprint density at radius 1 is 1.29 bits per heavy atom. The summed E-state index contributed by atoms with van der Waals surface area (Å²) in [5.74, 6) is -0.598. The van der Waals surface area contributed by atoms with Crippen molar-refractivity contribution >= 4 is 31.6 Å². The van der Waals surface area contributed by atoms with E-state index in [1.807, 2.05) is 13.8 Å². The predicted molar refractivity (Wildman–Crippen MR) is 105 cm³/mol. The predicted octanol–water partition coefficient (Wildman–Crippen LogP) is 0.337. The number of carbonyl (C=O) groups excluding carboxylic acids is 2. The number of nitrogens with zero attached hydrogens (tertiary/aromatic N) is 1. The first-order chi connectivity index (χ1) is 12.8. The summed E-state index contributed by atoms with van der Waals surface area (Å²) >= 11 is 0. The zero-order chi connectivity index (χ0) is 21.0. The summed E-state index contributed by atoms with van der Waals surface area (Å²) in [4.78, 5) is 25.0. The minimum absolute atomic E-state index is 0.0222. The highest BCUT2D eigenvalue weighted by Gasteiger charge is 2.65. The fourth-order valence-electron chi connectivity index (χ4n) is 5.26. The van der Waals surface area contributed by atoms with E-state index in [0.717, 1.165) is 10.7 Å². The van der Waals surface area contributed by atoms with Gasteiger partial charge in [0.2, 0.25) is 15.9 Å². The Morgan fingerprint density at radius 2 is 1.96 bits per heavy atom. The summed E-state index contributed by atoms with van der Waals surface area (Å²) in [6.07, 6.45) is 2.22. The van der Waals surface area contributed by atoms with Crippen molar-refractivity contribution in [3.63, 3.8) is 0 Å². The molecule has 1 saturated heterocycles. The molecular weight excluding hydrogens is 404 g/mol. The van der Waals surface area contributed by atoms with Gasteiger partial charge in [0.05, 0.1) is 23.8 Å². The third-order valence-electron chi connectivity index (χ3n) is 7.23. The van der Waals surface area contributed by atoms with E-state index in [0.29, 0.717) is 19.3 Å². The van der Waals surface area contributed by atoms with Crippen molar-refractivity contribution in [3.05, 3.63) is 0 Å². The van der Waals surface area contributed by atoms with Crippen molar-refractivity contribution in [2.45, 2.75) is 52.5 Å². The van der Waals surface area contributed by atoms with Crippen molar-refractivity contribution in [1.82, 2.24) is 9.62 Å². The molecule has 3 rings (SSSR count). The Kier molecular flexibility index (Phi) is 5.47. The minimum Gasteiger partial charge on any atom is -0.351 e. The van der Waals surface area contributed by atoms with Gasteiger partial charge in [-0.1, -0.05) is 20.8 Å². The van der Waals surface area contributed by atoms with Gasteiger partial charge < -0.3 is 5.32 Å². The second-order valence-corrected chi connectivity index (χ2v) is 13.2. The topological polar surface area (TPSA) is 118 Å². The first-order valence-corrected chi connectivity index (χ1v) is 13.3. The third kappa shape index (κ3) is 3.63. The van der Waals surface area contributed by atoms with Crippen molar-refractivity contribution in [3.8, 4) is 0 Å². The number of amides is 1. The van der Waals surface area contributed by atoms with Crippen LogP contribution in [0.25, 0.3) is 0 Å². The second kappa shape index (κ2) is 7.05. The van der Waals surface area contributed by atoms with Gasteiger partial charge in [-0.2, -0.15) is 4.31 Å². The van der Waals surface area contributed by atoms with E-state index in [-0.39, 0.29) is 47.5 Å². The van der Waals surface area contributed by atoms with Gasteiger partial charge in [-0.25, -0.2) is 16.8 Å². The molecule has 2 saturated carbocycles. The van der Waals surface area contributed by atoms with E-state index in [1.165, 1.54) is 0 Å². The number of nitrogens with one attached hydrogen (secondary N) is 1. The normalized spacial score (nSPS) is 33.5. The fraction of sp³-hybridized carbons (Fsp3) is 0.889. The Morgan fingerprint density at radius 3 is 2.43 bits per heavy atom. The van der Waals surface area contributed by atoms with Crippen LogP contribution in [0.1, 0.15) is 46.5 Å². The maximum Gasteiger partial charge on any atom is 0.235 e. The molecule has 0 aromatic rings. The summed E-state index contributed by atoms with van der Waals surface area (Å²) in [5.41, 5.74) is -1.24. The Bertz CT molecular complexity index is 880. The van der Waals surface area contributed by atoms with Crippen LogP contribution in [-0.2, 0) is 29.4 Å². The van der Waals surface area contributed by atoms with Crippen LogP contribution in [0.15, 0.2) is 0 Å². The number of hydrogen-bond acceptors (Lipinski definition) is 6. The van der Waals surface area contributed by atoms with E-state index in [4.69, 9.17) is 0 Å². The van der Waals surface area contributed by atoms with Gasteiger partial charge >= 0.3 is 0 Å². The first-order valence-electron chi connectivity index (χ1n) is 9.84. The zero-order valence-corrected chi connectivity index (χ0v) is 18.4. The molecule has 0 aromatic heterocycles. The molecule has 160 valence electrons. The molecule has 10 heteroatoms. The smallest absolute Gasteiger partial charge is 0.235 e. The average Bonchev–Trinajstić information content (AvgIpc) is 3.09. The van der Waals surface area contributed by atoms with Crippen molar-refractivity contribution in [2.75, 3.05) is 30.3 Å². The van der Waals surface area contributed by atoms with Crippen LogP contribution < -0.4 is 5.32 Å². The fourth-order valence-corrected chi connectivity index (χ4v) is 9.12. The number of sulfonamides is 1. The summed E-state index contributed by atoms with van der Waals surface area (Å²) in [5, 5.41) is 2.63. The van der Waals surface area contributed by atoms with Crippen LogP contribution >= 0.6 is 0 Å². The molecule has 28 heavy (non-hydrogen) atoms. The van der Waals surface area contributed by atoms with Gasteiger partial charge in [-0.3, -0.25) is 9.59 Å². The molecule has 2 aliphatic carbocycles. The molecule has 0 radical (unpaired) electrons. The van der Waals surface area contributed by atoms with Gasteiger partial charge in [-0.15, -0.1) is 0 Å². The van der Waals surface area contributed by atoms with E-state index in [9.17, 15) is 26.4 Å². The lowest BCUT2D eigenvalue weighted by Crippen LogP contribution is -2.49. The molecule has 1 N–H and O–H groups in total. The van der Waals surface area contributed by atoms with Crippen molar-refractivity contribution in [2.24, 2.45) is 16.7 Å². The molecular formula is C18H30N2O6S2. The van der Waals surface area contributed by atoms with E-state index in [2.05, 4.69) is 5.32 Å². The van der Waals surface area contributed by atoms with E-state index >= 15 is 0 Å². The Labute approximate surface area is 167 Å². The van der Waals surface area contributed by atoms with Crippen molar-refractivity contribution < 1.29 is 26.4 Å². The summed E-state index contributed by atoms with van der Waals surface area (Å²) in [6.45, 7) is 5.38. The first kappa shape index (κ1) is 21.7. The Balaban J connectivity index is 1.69. The van der Waals surface area contributed by atoms with Gasteiger partial charge in [0, 0.05) is 24.4 Å². The average molecular weight is 435 g/mol. The zero-order valence-electron chi connectivity index (χ0n) is 16.7. The number of likely N-dealkylation sites (N-methyl/N-ethyl adjacent to an activating group) is 1. The molecule has 3 aliphatic rings. The highest BCUT2D eigenvalue weighted by atomic mass is 32.2. The number of rotatable bonds is 7. The molecule has 8 nitrogen and oxygen atoms in total. The molecule has 1 amide bonds. The summed E-state index contributed by atoms with van der Waals surface area (Å²) in [7, 11) is -6.95. The summed E-state index contributed by atoms with van der Waals surface area (Å²) < 4.78 is 50.4. The van der Waals surface area contributed by atoms with Crippen LogP contribution in [0.4, 0.5) is 0 Å². The Hall–Kier alpha value is -1.00. The molecule has 2 bridgehead atoms. The lowest BCUT2D eigenvalue weighted by molar-refractivity contribution is -0.128. The standard InChI is InChI=1S/C18H30N2O6S2/c1-4-20(10-16(22)19-14-6-8-27(23,24)11-14)28(25,26)12-18-7-5-13(9-15(18)21)17(18,2)3/h13-14H,4-12H2,1-3H3,(H,19,22). The van der Waals surface area contributed by atoms with Crippen LogP contribution in [0, 0.1) is 16.7 Å². The molecule has 1 heterocycles. The van der Waals surface area contributed by atoms with Gasteiger partial charge in [0.15, 0.2) is 9.84 Å². The number of Topliss-reactive ketones (excluding diaryl/α,β-unsaturated/α-hetero) is 1. The third-order valence-corrected chi connectivity index (χ3v) is 11.0. The van der Waals surface area contributed by atoms with Crippen LogP contribution in [0.2, 0.25) is 0 Å². The van der Waals surface area contributed by atoms with Crippen LogP contribution in [0.3, 0.4) is 0 Å². The molecule has 0 spiro atoms. The second-order valence-electron chi connectivity index (χ2n) is 9.02. The van der Waals surface area contributed by atoms with Crippen LogP contribution in [-0.4, -0.2) is 69.2 Å². The largest absolute Gasteiger partial charge is 0.351 e.